The van der Waals surface area contributed by atoms with Gasteiger partial charge in [0.25, 0.3) is 0 Å². The molecule has 0 aliphatic heterocycles. The molecular weight excluding hydrogens is 219 g/mol. The van der Waals surface area contributed by atoms with Gasteiger partial charge in [0.05, 0.1) is 5.52 Å². The number of rotatable bonds is 0. The molecule has 0 fully saturated rings. The Balaban J connectivity index is 2.59. The van der Waals surface area contributed by atoms with Gasteiger partial charge in [0.1, 0.15) is 0 Å². The zero-order valence-electron chi connectivity index (χ0n) is 8.38. The van der Waals surface area contributed by atoms with Crippen molar-refractivity contribution in [3.8, 4) is 0 Å². The molecule has 0 N–H and O–H groups in total. The van der Waals surface area contributed by atoms with E-state index in [1.807, 2.05) is 6.92 Å². The van der Waals surface area contributed by atoms with Crippen LogP contribution in [0.1, 0.15) is 10.4 Å². The van der Waals surface area contributed by atoms with E-state index in [2.05, 4.69) is 0 Å². The molecule has 0 aliphatic rings. The minimum Gasteiger partial charge on any atom is -0.279 e. The lowest BCUT2D eigenvalue weighted by Crippen LogP contribution is -2.28. The first-order chi connectivity index (χ1) is 7.39. The standard InChI is InChI=1S/C11H8F3NO/c1-7-2-3-9-8(6-7)4-5-15(9)10(16)11(12,13)14/h2-6H,1H3. The molecule has 1 heterocycles. The molecule has 0 spiro atoms. The zero-order chi connectivity index (χ0) is 11.9. The minimum absolute atomic E-state index is 0.271. The maximum Gasteiger partial charge on any atom is 0.472 e. The molecule has 84 valence electrons. The molecule has 2 rings (SSSR count). The zero-order valence-corrected chi connectivity index (χ0v) is 8.38. The van der Waals surface area contributed by atoms with Crippen LogP contribution in [0.2, 0.25) is 0 Å². The van der Waals surface area contributed by atoms with Gasteiger partial charge in [-0.15, -0.1) is 0 Å². The van der Waals surface area contributed by atoms with E-state index in [0.717, 1.165) is 11.8 Å². The van der Waals surface area contributed by atoms with Crippen molar-refractivity contribution in [2.45, 2.75) is 13.1 Å². The molecule has 2 aromatic rings. The van der Waals surface area contributed by atoms with Gasteiger partial charge in [-0.3, -0.25) is 9.36 Å². The van der Waals surface area contributed by atoms with Gasteiger partial charge in [0.2, 0.25) is 0 Å². The summed E-state index contributed by atoms with van der Waals surface area (Å²) in [5, 5.41) is 0.623. The van der Waals surface area contributed by atoms with E-state index < -0.39 is 12.1 Å². The lowest BCUT2D eigenvalue weighted by Gasteiger charge is -2.07. The molecule has 0 bridgehead atoms. The van der Waals surface area contributed by atoms with Gasteiger partial charge >= 0.3 is 12.1 Å². The average molecular weight is 227 g/mol. The Morgan fingerprint density at radius 2 is 1.94 bits per heavy atom. The first-order valence-corrected chi connectivity index (χ1v) is 4.59. The molecule has 0 amide bonds. The third-order valence-corrected chi connectivity index (χ3v) is 2.31. The molecule has 0 atom stereocenters. The van der Waals surface area contributed by atoms with Crippen molar-refractivity contribution in [3.63, 3.8) is 0 Å². The van der Waals surface area contributed by atoms with Crippen molar-refractivity contribution >= 4 is 16.8 Å². The van der Waals surface area contributed by atoms with Crippen LogP contribution in [0.15, 0.2) is 30.5 Å². The van der Waals surface area contributed by atoms with Crippen LogP contribution in [0.25, 0.3) is 10.9 Å². The van der Waals surface area contributed by atoms with E-state index in [1.165, 1.54) is 12.1 Å². The van der Waals surface area contributed by atoms with E-state index in [9.17, 15) is 18.0 Å². The highest BCUT2D eigenvalue weighted by Gasteiger charge is 2.40. The second-order valence-electron chi connectivity index (χ2n) is 3.55. The summed E-state index contributed by atoms with van der Waals surface area (Å²) in [5.74, 6) is -1.87. The maximum absolute atomic E-state index is 12.2. The Hall–Kier alpha value is -1.78. The molecule has 0 saturated heterocycles. The molecule has 16 heavy (non-hydrogen) atoms. The number of aryl methyl sites for hydroxylation is 1. The third kappa shape index (κ3) is 1.68. The van der Waals surface area contributed by atoms with Crippen LogP contribution in [0.3, 0.4) is 0 Å². The van der Waals surface area contributed by atoms with Crippen LogP contribution in [0.5, 0.6) is 0 Å². The number of benzene rings is 1. The summed E-state index contributed by atoms with van der Waals surface area (Å²) < 4.78 is 37.4. The first kappa shape index (κ1) is 10.7. The van der Waals surface area contributed by atoms with Crippen molar-refractivity contribution in [1.82, 2.24) is 4.57 Å². The SMILES string of the molecule is Cc1ccc2c(ccn2C(=O)C(F)(F)F)c1. The predicted molar refractivity (Wildman–Crippen MR) is 53.4 cm³/mol. The number of carbonyl (C=O) groups is 1. The van der Waals surface area contributed by atoms with E-state index in [-0.39, 0.29) is 5.52 Å². The Labute approximate surface area is 89.3 Å². The fourth-order valence-electron chi connectivity index (χ4n) is 1.58. The lowest BCUT2D eigenvalue weighted by molar-refractivity contribution is -0.0942. The largest absolute Gasteiger partial charge is 0.472 e. The predicted octanol–water partition coefficient (Wildman–Crippen LogP) is 3.15. The number of aromatic nitrogens is 1. The number of alkyl halides is 3. The van der Waals surface area contributed by atoms with Crippen LogP contribution in [-0.4, -0.2) is 16.7 Å². The molecule has 1 aromatic heterocycles. The summed E-state index contributed by atoms with van der Waals surface area (Å²) >= 11 is 0. The first-order valence-electron chi connectivity index (χ1n) is 4.59. The highest BCUT2D eigenvalue weighted by molar-refractivity contribution is 5.95. The molecule has 0 unspecified atom stereocenters. The average Bonchev–Trinajstić information content (AvgIpc) is 2.57. The highest BCUT2D eigenvalue weighted by atomic mass is 19.4. The number of hydrogen-bond acceptors (Lipinski definition) is 1. The molecule has 1 aromatic carbocycles. The minimum atomic E-state index is -4.85. The van der Waals surface area contributed by atoms with E-state index >= 15 is 0 Å². The summed E-state index contributed by atoms with van der Waals surface area (Å²) in [7, 11) is 0. The second-order valence-corrected chi connectivity index (χ2v) is 3.55. The van der Waals surface area contributed by atoms with Gasteiger partial charge in [-0.2, -0.15) is 13.2 Å². The number of halogens is 3. The summed E-state index contributed by atoms with van der Waals surface area (Å²) in [6.45, 7) is 1.84. The Morgan fingerprint density at radius 1 is 1.25 bits per heavy atom. The molecular formula is C11H8F3NO. The van der Waals surface area contributed by atoms with Crippen LogP contribution in [-0.2, 0) is 0 Å². The normalized spacial score (nSPS) is 12.0. The second kappa shape index (κ2) is 3.37. The van der Waals surface area contributed by atoms with Crippen LogP contribution in [0, 0.1) is 6.92 Å². The molecule has 5 heteroatoms. The van der Waals surface area contributed by atoms with Gasteiger partial charge in [-0.05, 0) is 25.1 Å². The van der Waals surface area contributed by atoms with Crippen molar-refractivity contribution < 1.29 is 18.0 Å². The van der Waals surface area contributed by atoms with E-state index in [1.54, 1.807) is 12.1 Å². The Morgan fingerprint density at radius 3 is 2.56 bits per heavy atom. The van der Waals surface area contributed by atoms with Crippen molar-refractivity contribution in [3.05, 3.63) is 36.0 Å². The van der Waals surface area contributed by atoms with Crippen molar-refractivity contribution in [1.29, 1.82) is 0 Å². The monoisotopic (exact) mass is 227 g/mol. The molecule has 0 aliphatic carbocycles. The van der Waals surface area contributed by atoms with Crippen molar-refractivity contribution in [2.24, 2.45) is 0 Å². The van der Waals surface area contributed by atoms with E-state index in [4.69, 9.17) is 0 Å². The highest BCUT2D eigenvalue weighted by Crippen LogP contribution is 2.23. The number of hydrogen-bond donors (Lipinski definition) is 0. The van der Waals surface area contributed by atoms with Crippen molar-refractivity contribution in [2.75, 3.05) is 0 Å². The molecule has 0 saturated carbocycles. The topological polar surface area (TPSA) is 22.0 Å². The maximum atomic E-state index is 12.2. The Bertz CT molecular complexity index is 554. The van der Waals surface area contributed by atoms with Gasteiger partial charge < -0.3 is 0 Å². The number of carbonyl (C=O) groups excluding carboxylic acids is 1. The molecule has 2 nitrogen and oxygen atoms in total. The molecule has 0 radical (unpaired) electrons. The summed E-state index contributed by atoms with van der Waals surface area (Å²) in [6, 6.07) is 6.40. The fraction of sp³-hybridized carbons (Fsp3) is 0.182. The van der Waals surface area contributed by atoms with Gasteiger partial charge in [-0.1, -0.05) is 11.6 Å². The van der Waals surface area contributed by atoms with Gasteiger partial charge in [0.15, 0.2) is 0 Å². The van der Waals surface area contributed by atoms with E-state index in [0.29, 0.717) is 9.95 Å². The third-order valence-electron chi connectivity index (χ3n) is 2.31. The Kier molecular flexibility index (Phi) is 2.26. The quantitative estimate of drug-likeness (QED) is 0.677. The van der Waals surface area contributed by atoms with Gasteiger partial charge in [-0.25, -0.2) is 0 Å². The van der Waals surface area contributed by atoms with Crippen LogP contribution < -0.4 is 0 Å². The fourth-order valence-corrected chi connectivity index (χ4v) is 1.58. The lowest BCUT2D eigenvalue weighted by atomic mass is 10.2. The number of nitrogens with zero attached hydrogens (tertiary/aromatic N) is 1. The summed E-state index contributed by atoms with van der Waals surface area (Å²) in [4.78, 5) is 11.1. The van der Waals surface area contributed by atoms with Gasteiger partial charge in [0, 0.05) is 11.6 Å². The number of fused-ring (bicyclic) bond motifs is 1. The van der Waals surface area contributed by atoms with Crippen LogP contribution in [0.4, 0.5) is 13.2 Å². The van der Waals surface area contributed by atoms with Crippen LogP contribution >= 0.6 is 0 Å². The smallest absolute Gasteiger partial charge is 0.279 e. The summed E-state index contributed by atoms with van der Waals surface area (Å²) in [6.07, 6.45) is -3.71. The summed E-state index contributed by atoms with van der Waals surface area (Å²) in [5.41, 5.74) is 1.21.